The molecule has 0 radical (unpaired) electrons. The van der Waals surface area contributed by atoms with E-state index < -0.39 is 17.5 Å². The van der Waals surface area contributed by atoms with Crippen molar-refractivity contribution in [1.29, 1.82) is 5.26 Å². The molecule has 2 aromatic carbocycles. The second-order valence-electron chi connectivity index (χ2n) is 4.11. The lowest BCUT2D eigenvalue weighted by Gasteiger charge is -2.11. The van der Waals surface area contributed by atoms with Crippen LogP contribution in [0.25, 0.3) is 0 Å². The predicted octanol–water partition coefficient (Wildman–Crippen LogP) is 4.79. The summed E-state index contributed by atoms with van der Waals surface area (Å²) in [5.41, 5.74) is 0.0415. The highest BCUT2D eigenvalue weighted by molar-refractivity contribution is 9.10. The summed E-state index contributed by atoms with van der Waals surface area (Å²) in [6, 6.07) is 6.44. The minimum atomic E-state index is -0.746. The average molecular weight is 341 g/mol. The van der Waals surface area contributed by atoms with Gasteiger partial charge in [0.1, 0.15) is 17.7 Å². The van der Waals surface area contributed by atoms with Crippen molar-refractivity contribution >= 4 is 27.3 Å². The molecule has 20 heavy (non-hydrogen) atoms. The summed E-state index contributed by atoms with van der Waals surface area (Å²) in [6.45, 7) is 1.43. The Morgan fingerprint density at radius 1 is 1.10 bits per heavy atom. The molecule has 0 aromatic heterocycles. The van der Waals surface area contributed by atoms with E-state index in [1.165, 1.54) is 19.1 Å². The van der Waals surface area contributed by atoms with E-state index in [9.17, 15) is 13.2 Å². The van der Waals surface area contributed by atoms with Crippen molar-refractivity contribution in [3.63, 3.8) is 0 Å². The Kier molecular flexibility index (Phi) is 4.00. The molecule has 6 heteroatoms. The van der Waals surface area contributed by atoms with Crippen LogP contribution in [0.1, 0.15) is 11.1 Å². The molecule has 0 bridgehead atoms. The van der Waals surface area contributed by atoms with Gasteiger partial charge in [0.2, 0.25) is 0 Å². The quantitative estimate of drug-likeness (QED) is 0.853. The Bertz CT molecular complexity index is 723. The Morgan fingerprint density at radius 2 is 1.80 bits per heavy atom. The SMILES string of the molecule is Cc1cc(F)c(Nc2ccc(C#N)c(Br)c2F)cc1F. The molecule has 0 unspecified atom stereocenters. The van der Waals surface area contributed by atoms with E-state index >= 15 is 0 Å². The molecule has 0 saturated heterocycles. The molecule has 2 nitrogen and oxygen atoms in total. The topological polar surface area (TPSA) is 35.8 Å². The third kappa shape index (κ3) is 2.63. The van der Waals surface area contributed by atoms with Crippen LogP contribution in [0.2, 0.25) is 0 Å². The molecular formula is C14H8BrF3N2. The van der Waals surface area contributed by atoms with Crippen LogP contribution >= 0.6 is 15.9 Å². The molecule has 0 spiro atoms. The molecule has 102 valence electrons. The fourth-order valence-electron chi connectivity index (χ4n) is 1.62. The number of halogens is 4. The summed E-state index contributed by atoms with van der Waals surface area (Å²) in [4.78, 5) is 0. The summed E-state index contributed by atoms with van der Waals surface area (Å²) in [6.07, 6.45) is 0. The molecule has 0 aliphatic heterocycles. The molecule has 0 aliphatic rings. The van der Waals surface area contributed by atoms with Gasteiger partial charge in [0.15, 0.2) is 5.82 Å². The first-order chi connectivity index (χ1) is 9.43. The zero-order chi connectivity index (χ0) is 14.9. The van der Waals surface area contributed by atoms with Gasteiger partial charge in [0, 0.05) is 6.07 Å². The number of nitrogens with zero attached hydrogens (tertiary/aromatic N) is 1. The van der Waals surface area contributed by atoms with Crippen LogP contribution in [0.3, 0.4) is 0 Å². The average Bonchev–Trinajstić information content (AvgIpc) is 2.41. The summed E-state index contributed by atoms with van der Waals surface area (Å²) >= 11 is 2.94. The van der Waals surface area contributed by atoms with Crippen LogP contribution in [0.4, 0.5) is 24.5 Å². The van der Waals surface area contributed by atoms with Gasteiger partial charge in [0.25, 0.3) is 0 Å². The highest BCUT2D eigenvalue weighted by Gasteiger charge is 2.14. The van der Waals surface area contributed by atoms with Gasteiger partial charge in [0.05, 0.1) is 21.4 Å². The first kappa shape index (κ1) is 14.4. The maximum absolute atomic E-state index is 14.0. The van der Waals surface area contributed by atoms with Gasteiger partial charge in [-0.05, 0) is 46.6 Å². The molecule has 0 fully saturated rings. The number of benzene rings is 2. The number of nitriles is 1. The van der Waals surface area contributed by atoms with Gasteiger partial charge >= 0.3 is 0 Å². The van der Waals surface area contributed by atoms with Crippen LogP contribution in [-0.2, 0) is 0 Å². The highest BCUT2D eigenvalue weighted by Crippen LogP contribution is 2.30. The number of aryl methyl sites for hydroxylation is 1. The van der Waals surface area contributed by atoms with Crippen molar-refractivity contribution in [1.82, 2.24) is 0 Å². The smallest absolute Gasteiger partial charge is 0.162 e. The molecule has 1 N–H and O–H groups in total. The lowest BCUT2D eigenvalue weighted by Crippen LogP contribution is -2.00. The fourth-order valence-corrected chi connectivity index (χ4v) is 2.05. The monoisotopic (exact) mass is 340 g/mol. The van der Waals surface area contributed by atoms with Crippen molar-refractivity contribution in [2.75, 3.05) is 5.32 Å². The minimum Gasteiger partial charge on any atom is -0.351 e. The van der Waals surface area contributed by atoms with Crippen LogP contribution in [-0.4, -0.2) is 0 Å². The van der Waals surface area contributed by atoms with Crippen LogP contribution in [0.5, 0.6) is 0 Å². The van der Waals surface area contributed by atoms with Gasteiger partial charge < -0.3 is 5.32 Å². The molecule has 2 rings (SSSR count). The Labute approximate surface area is 122 Å². The third-order valence-electron chi connectivity index (χ3n) is 2.72. The molecule has 0 atom stereocenters. The van der Waals surface area contributed by atoms with Crippen molar-refractivity contribution < 1.29 is 13.2 Å². The van der Waals surface area contributed by atoms with E-state index in [0.29, 0.717) is 0 Å². The van der Waals surface area contributed by atoms with Crippen molar-refractivity contribution in [3.8, 4) is 6.07 Å². The van der Waals surface area contributed by atoms with Crippen LogP contribution in [0.15, 0.2) is 28.7 Å². The van der Waals surface area contributed by atoms with Gasteiger partial charge in [-0.2, -0.15) is 5.26 Å². The first-order valence-corrected chi connectivity index (χ1v) is 6.34. The molecule has 2 aromatic rings. The van der Waals surface area contributed by atoms with Crippen molar-refractivity contribution in [2.45, 2.75) is 6.92 Å². The summed E-state index contributed by atoms with van der Waals surface area (Å²) in [5.74, 6) is -2.03. The lowest BCUT2D eigenvalue weighted by molar-refractivity contribution is 0.594. The maximum atomic E-state index is 14.0. The zero-order valence-corrected chi connectivity index (χ0v) is 11.9. The molecule has 0 saturated carbocycles. The van der Waals surface area contributed by atoms with E-state index in [2.05, 4.69) is 21.2 Å². The number of hydrogen-bond donors (Lipinski definition) is 1. The standard InChI is InChI=1S/C14H8BrF3N2/c1-7-4-10(17)12(5-9(7)16)20-11-3-2-8(6-19)13(15)14(11)18/h2-5,20H,1H3. The molecule has 0 aliphatic carbocycles. The Morgan fingerprint density at radius 3 is 2.45 bits per heavy atom. The van der Waals surface area contributed by atoms with Crippen molar-refractivity contribution in [3.05, 3.63) is 57.3 Å². The molecule has 0 amide bonds. The van der Waals surface area contributed by atoms with Gasteiger partial charge in [-0.25, -0.2) is 13.2 Å². The van der Waals surface area contributed by atoms with Gasteiger partial charge in [-0.3, -0.25) is 0 Å². The van der Waals surface area contributed by atoms with E-state index in [4.69, 9.17) is 5.26 Å². The largest absolute Gasteiger partial charge is 0.351 e. The normalized spacial score (nSPS) is 10.2. The third-order valence-corrected chi connectivity index (χ3v) is 3.50. The zero-order valence-electron chi connectivity index (χ0n) is 10.3. The second-order valence-corrected chi connectivity index (χ2v) is 4.90. The van der Waals surface area contributed by atoms with Crippen LogP contribution in [0, 0.1) is 35.7 Å². The number of hydrogen-bond acceptors (Lipinski definition) is 2. The second kappa shape index (κ2) is 5.55. The van der Waals surface area contributed by atoms with E-state index in [1.54, 1.807) is 6.07 Å². The summed E-state index contributed by atoms with van der Waals surface area (Å²) in [5, 5.41) is 11.2. The summed E-state index contributed by atoms with van der Waals surface area (Å²) < 4.78 is 41.0. The van der Waals surface area contributed by atoms with E-state index in [1.807, 2.05) is 0 Å². The number of rotatable bonds is 2. The summed E-state index contributed by atoms with van der Waals surface area (Å²) in [7, 11) is 0. The predicted molar refractivity (Wildman–Crippen MR) is 73.2 cm³/mol. The van der Waals surface area contributed by atoms with Crippen LogP contribution < -0.4 is 5.32 Å². The highest BCUT2D eigenvalue weighted by atomic mass is 79.9. The van der Waals surface area contributed by atoms with E-state index in [0.717, 1.165) is 12.1 Å². The minimum absolute atomic E-state index is 0.0296. The van der Waals surface area contributed by atoms with Gasteiger partial charge in [-0.1, -0.05) is 0 Å². The number of anilines is 2. The first-order valence-electron chi connectivity index (χ1n) is 5.54. The maximum Gasteiger partial charge on any atom is 0.162 e. The fraction of sp³-hybridized carbons (Fsp3) is 0.0714. The molecular weight excluding hydrogens is 333 g/mol. The Hall–Kier alpha value is -2.00. The van der Waals surface area contributed by atoms with Gasteiger partial charge in [-0.15, -0.1) is 0 Å². The number of nitrogens with one attached hydrogen (secondary N) is 1. The lowest BCUT2D eigenvalue weighted by atomic mass is 10.1. The molecule has 0 heterocycles. The van der Waals surface area contributed by atoms with Crippen molar-refractivity contribution in [2.24, 2.45) is 0 Å². The Balaban J connectivity index is 2.44. The van der Waals surface area contributed by atoms with E-state index in [-0.39, 0.29) is 27.0 Å².